The summed E-state index contributed by atoms with van der Waals surface area (Å²) < 4.78 is 7.63. The number of nitrogens with zero attached hydrogens (tertiary/aromatic N) is 4. The van der Waals surface area contributed by atoms with Crippen molar-refractivity contribution in [3.8, 4) is 11.4 Å². The van der Waals surface area contributed by atoms with Crippen LogP contribution in [0.2, 0.25) is 0 Å². The molecule has 0 amide bonds. The van der Waals surface area contributed by atoms with Crippen molar-refractivity contribution in [2.45, 2.75) is 32.5 Å². The van der Waals surface area contributed by atoms with Gasteiger partial charge in [-0.1, -0.05) is 12.1 Å². The van der Waals surface area contributed by atoms with Gasteiger partial charge in [0.15, 0.2) is 5.11 Å². The van der Waals surface area contributed by atoms with Crippen LogP contribution in [0.4, 0.5) is 0 Å². The van der Waals surface area contributed by atoms with Crippen molar-refractivity contribution in [2.75, 3.05) is 7.11 Å². The van der Waals surface area contributed by atoms with E-state index in [0.29, 0.717) is 11.7 Å². The van der Waals surface area contributed by atoms with Crippen LogP contribution in [0.5, 0.6) is 5.75 Å². The summed E-state index contributed by atoms with van der Waals surface area (Å²) >= 11 is 5.84. The Morgan fingerprint density at radius 3 is 2.35 bits per heavy atom. The fraction of sp³-hybridized carbons (Fsp3) is 0.222. The Morgan fingerprint density at radius 1 is 0.971 bits per heavy atom. The zero-order valence-electron chi connectivity index (χ0n) is 19.5. The molecule has 6 nitrogen and oxygen atoms in total. The van der Waals surface area contributed by atoms with E-state index in [-0.39, 0.29) is 12.1 Å². The Bertz CT molecular complexity index is 1290. The molecular weight excluding hydrogens is 442 g/mol. The van der Waals surface area contributed by atoms with Gasteiger partial charge in [0.25, 0.3) is 0 Å². The molecule has 0 aliphatic carbocycles. The van der Waals surface area contributed by atoms with E-state index in [9.17, 15) is 0 Å². The highest BCUT2D eigenvalue weighted by Crippen LogP contribution is 2.42. The first-order chi connectivity index (χ1) is 16.6. The predicted octanol–water partition coefficient (Wildman–Crippen LogP) is 5.07. The zero-order valence-corrected chi connectivity index (χ0v) is 20.3. The normalized spacial score (nSPS) is 17.6. The molecule has 1 fully saturated rings. The van der Waals surface area contributed by atoms with Crippen LogP contribution >= 0.6 is 12.2 Å². The number of aromatic nitrogens is 3. The number of benzene rings is 1. The Hall–Kier alpha value is -3.71. The van der Waals surface area contributed by atoms with Gasteiger partial charge in [0, 0.05) is 29.5 Å². The van der Waals surface area contributed by atoms with E-state index in [2.05, 4.69) is 62.9 Å². The molecule has 4 aromatic rings. The highest BCUT2D eigenvalue weighted by molar-refractivity contribution is 7.80. The monoisotopic (exact) mass is 469 g/mol. The van der Waals surface area contributed by atoms with Gasteiger partial charge in [-0.25, -0.2) is 0 Å². The number of methoxy groups -OCH3 is 1. The molecule has 1 aromatic carbocycles. The summed E-state index contributed by atoms with van der Waals surface area (Å²) in [6, 6.07) is 22.3. The van der Waals surface area contributed by atoms with Crippen LogP contribution in [-0.2, 0) is 6.54 Å². The molecule has 0 unspecified atom stereocenters. The second-order valence-electron chi connectivity index (χ2n) is 8.44. The van der Waals surface area contributed by atoms with Crippen molar-refractivity contribution in [2.24, 2.45) is 0 Å². The molecule has 1 N–H and O–H groups in total. The highest BCUT2D eigenvalue weighted by atomic mass is 32.1. The molecule has 0 bridgehead atoms. The lowest BCUT2D eigenvalue weighted by Gasteiger charge is -2.28. The highest BCUT2D eigenvalue weighted by Gasteiger charge is 2.41. The fourth-order valence-corrected chi connectivity index (χ4v) is 5.10. The predicted molar refractivity (Wildman–Crippen MR) is 137 cm³/mol. The quantitative estimate of drug-likeness (QED) is 0.398. The number of aryl methyl sites for hydroxylation is 1. The summed E-state index contributed by atoms with van der Waals surface area (Å²) in [5.41, 5.74) is 6.59. The van der Waals surface area contributed by atoms with Crippen LogP contribution in [0.1, 0.15) is 40.4 Å². The number of hydrogen-bond donors (Lipinski definition) is 1. The summed E-state index contributed by atoms with van der Waals surface area (Å²) in [5.74, 6) is 0.841. The number of ether oxygens (including phenoxy) is 1. The molecule has 0 saturated carbocycles. The summed E-state index contributed by atoms with van der Waals surface area (Å²) in [4.78, 5) is 11.4. The van der Waals surface area contributed by atoms with E-state index >= 15 is 0 Å². The van der Waals surface area contributed by atoms with Crippen molar-refractivity contribution >= 4 is 17.3 Å². The second-order valence-corrected chi connectivity index (χ2v) is 8.82. The largest absolute Gasteiger partial charge is 0.497 e. The van der Waals surface area contributed by atoms with Gasteiger partial charge in [-0.05, 0) is 86.2 Å². The molecule has 7 heteroatoms. The maximum absolute atomic E-state index is 5.84. The van der Waals surface area contributed by atoms with Crippen LogP contribution in [0, 0.1) is 13.8 Å². The van der Waals surface area contributed by atoms with Gasteiger partial charge in [-0.3, -0.25) is 9.97 Å². The summed E-state index contributed by atoms with van der Waals surface area (Å²) in [5, 5.41) is 4.25. The molecule has 1 saturated heterocycles. The standard InChI is InChI=1S/C27H27N5OS/c1-18-16-23(19(2)32(18)21-10-12-22(33-3)13-11-21)26-25(24-9-5-7-15-29-24)30-27(34)31(26)17-20-8-4-6-14-28-20/h4-16,25-26H,17H2,1-3H3,(H,30,34)/t25-,26+/m0/s1. The molecule has 5 rings (SSSR count). The minimum absolute atomic E-state index is 0.0254. The number of pyridine rings is 2. The smallest absolute Gasteiger partial charge is 0.170 e. The van der Waals surface area contributed by atoms with Crippen LogP contribution in [0.15, 0.2) is 79.1 Å². The molecule has 3 aromatic heterocycles. The van der Waals surface area contributed by atoms with Crippen molar-refractivity contribution in [1.29, 1.82) is 0 Å². The average Bonchev–Trinajstić information content (AvgIpc) is 3.35. The number of hydrogen-bond acceptors (Lipinski definition) is 4. The third kappa shape index (κ3) is 4.03. The van der Waals surface area contributed by atoms with E-state index in [1.165, 1.54) is 11.3 Å². The van der Waals surface area contributed by atoms with Crippen molar-refractivity contribution < 1.29 is 4.74 Å². The first-order valence-electron chi connectivity index (χ1n) is 11.3. The maximum atomic E-state index is 5.84. The minimum Gasteiger partial charge on any atom is -0.497 e. The maximum Gasteiger partial charge on any atom is 0.170 e. The lowest BCUT2D eigenvalue weighted by Crippen LogP contribution is -2.29. The topological polar surface area (TPSA) is 55.2 Å². The lowest BCUT2D eigenvalue weighted by molar-refractivity contribution is 0.307. The van der Waals surface area contributed by atoms with Gasteiger partial charge < -0.3 is 19.5 Å². The fourth-order valence-electron chi connectivity index (χ4n) is 4.80. The Balaban J connectivity index is 1.60. The van der Waals surface area contributed by atoms with Crippen molar-refractivity contribution in [3.63, 3.8) is 0 Å². The number of nitrogens with one attached hydrogen (secondary N) is 1. The van der Waals surface area contributed by atoms with Gasteiger partial charge in [-0.15, -0.1) is 0 Å². The molecule has 1 aliphatic heterocycles. The number of rotatable bonds is 6. The second kappa shape index (κ2) is 9.27. The zero-order chi connectivity index (χ0) is 23.7. The van der Waals surface area contributed by atoms with Gasteiger partial charge in [0.2, 0.25) is 0 Å². The Morgan fingerprint density at radius 2 is 1.71 bits per heavy atom. The van der Waals surface area contributed by atoms with E-state index in [1.54, 1.807) is 7.11 Å². The molecule has 1 aliphatic rings. The van der Waals surface area contributed by atoms with Crippen molar-refractivity contribution in [1.82, 2.24) is 24.8 Å². The first kappa shape index (κ1) is 22.1. The van der Waals surface area contributed by atoms with Crippen molar-refractivity contribution in [3.05, 3.63) is 107 Å². The lowest BCUT2D eigenvalue weighted by atomic mass is 9.96. The van der Waals surface area contributed by atoms with E-state index in [1.807, 2.05) is 54.9 Å². The molecular formula is C27H27N5OS. The Labute approximate surface area is 205 Å². The molecule has 34 heavy (non-hydrogen) atoms. The van der Waals surface area contributed by atoms with E-state index in [0.717, 1.165) is 28.5 Å². The van der Waals surface area contributed by atoms with Gasteiger partial charge in [0.05, 0.1) is 37.1 Å². The van der Waals surface area contributed by atoms with E-state index in [4.69, 9.17) is 17.0 Å². The van der Waals surface area contributed by atoms with Crippen LogP contribution in [0.3, 0.4) is 0 Å². The van der Waals surface area contributed by atoms with E-state index < -0.39 is 0 Å². The number of thiocarbonyl (C=S) groups is 1. The SMILES string of the molecule is COc1ccc(-n2c(C)cc([C@@H]3[C@H](c4ccccn4)NC(=S)N3Cc3ccccn3)c2C)cc1. The van der Waals surface area contributed by atoms with Crippen LogP contribution < -0.4 is 10.1 Å². The summed E-state index contributed by atoms with van der Waals surface area (Å²) in [7, 11) is 1.68. The molecule has 0 radical (unpaired) electrons. The average molecular weight is 470 g/mol. The van der Waals surface area contributed by atoms with Gasteiger partial charge in [-0.2, -0.15) is 0 Å². The summed E-state index contributed by atoms with van der Waals surface area (Å²) in [6.45, 7) is 4.93. The molecule has 172 valence electrons. The molecule has 0 spiro atoms. The summed E-state index contributed by atoms with van der Waals surface area (Å²) in [6.07, 6.45) is 3.65. The first-order valence-corrected chi connectivity index (χ1v) is 11.7. The Kier molecular flexibility index (Phi) is 6.02. The van der Waals surface area contributed by atoms with Crippen LogP contribution in [0.25, 0.3) is 5.69 Å². The third-order valence-corrected chi connectivity index (χ3v) is 6.73. The van der Waals surface area contributed by atoms with Gasteiger partial charge >= 0.3 is 0 Å². The third-order valence-electron chi connectivity index (χ3n) is 6.38. The molecule has 2 atom stereocenters. The van der Waals surface area contributed by atoms with Crippen LogP contribution in [-0.4, -0.2) is 31.7 Å². The van der Waals surface area contributed by atoms with Gasteiger partial charge in [0.1, 0.15) is 5.75 Å². The molecule has 4 heterocycles. The minimum atomic E-state index is -0.0674.